The number of hydrogen-bond donors (Lipinski definition) is 8. The molecule has 0 aliphatic heterocycles. The van der Waals surface area contributed by atoms with E-state index in [0.29, 0.717) is 0 Å². The van der Waals surface area contributed by atoms with Crippen LogP contribution in [-0.2, 0) is 28.8 Å². The van der Waals surface area contributed by atoms with Crippen LogP contribution in [0.2, 0.25) is 0 Å². The molecule has 12 N–H and O–H groups in total. The Morgan fingerprint density at radius 2 is 0.607 bits per heavy atom. The SMILES string of the molecule is O.O.O=C(O)CC(O)(CC(=O)O)C(=O)O.O=C(O)CC(O)(CC(=O)O)C(=O)O. The number of carboxylic acids is 6. The number of hydrogen-bond acceptors (Lipinski definition) is 8. The fraction of sp³-hybridized carbons (Fsp3) is 0.500. The zero-order valence-electron chi connectivity index (χ0n) is 13.9. The number of aliphatic carboxylic acids is 6. The minimum absolute atomic E-state index is 0. The van der Waals surface area contributed by atoms with E-state index in [1.165, 1.54) is 0 Å². The van der Waals surface area contributed by atoms with Gasteiger partial charge in [0.2, 0.25) is 0 Å². The van der Waals surface area contributed by atoms with Crippen LogP contribution in [0.25, 0.3) is 0 Å². The van der Waals surface area contributed by atoms with E-state index in [2.05, 4.69) is 0 Å². The maximum absolute atomic E-state index is 10.3. The van der Waals surface area contributed by atoms with E-state index in [4.69, 9.17) is 40.9 Å². The van der Waals surface area contributed by atoms with E-state index in [1.807, 2.05) is 0 Å². The van der Waals surface area contributed by atoms with E-state index in [-0.39, 0.29) is 11.0 Å². The van der Waals surface area contributed by atoms with Gasteiger partial charge in [-0.2, -0.15) is 0 Å². The molecule has 164 valence electrons. The molecule has 0 heterocycles. The third kappa shape index (κ3) is 12.9. The molecule has 0 saturated carbocycles. The monoisotopic (exact) mass is 420 g/mol. The van der Waals surface area contributed by atoms with Gasteiger partial charge >= 0.3 is 35.8 Å². The summed E-state index contributed by atoms with van der Waals surface area (Å²) in [5.41, 5.74) is -5.48. The molecular weight excluding hydrogens is 400 g/mol. The molecule has 0 saturated heterocycles. The van der Waals surface area contributed by atoms with Crippen LogP contribution in [0.1, 0.15) is 25.7 Å². The first-order valence-electron chi connectivity index (χ1n) is 6.34. The molecule has 0 unspecified atom stereocenters. The average Bonchev–Trinajstić information content (AvgIpc) is 2.34. The Balaban J connectivity index is -0.000000192. The van der Waals surface area contributed by atoms with Crippen molar-refractivity contribution in [1.29, 1.82) is 0 Å². The molecule has 0 atom stereocenters. The molecule has 0 bridgehead atoms. The molecule has 0 aromatic rings. The molecule has 0 aromatic heterocycles. The van der Waals surface area contributed by atoms with Gasteiger partial charge in [-0.15, -0.1) is 0 Å². The zero-order valence-corrected chi connectivity index (χ0v) is 13.9. The summed E-state index contributed by atoms with van der Waals surface area (Å²) >= 11 is 0. The second-order valence-electron chi connectivity index (χ2n) is 4.96. The van der Waals surface area contributed by atoms with Crippen LogP contribution in [-0.4, -0.2) is 98.8 Å². The number of carboxylic acid groups (broad SMARTS) is 6. The van der Waals surface area contributed by atoms with Crippen molar-refractivity contribution in [2.75, 3.05) is 0 Å². The Labute approximate surface area is 154 Å². The van der Waals surface area contributed by atoms with Crippen LogP contribution in [0.15, 0.2) is 0 Å². The highest BCUT2D eigenvalue weighted by Crippen LogP contribution is 2.16. The Morgan fingerprint density at radius 3 is 0.679 bits per heavy atom. The van der Waals surface area contributed by atoms with Gasteiger partial charge in [-0.05, 0) is 0 Å². The van der Waals surface area contributed by atoms with Gasteiger partial charge in [0.25, 0.3) is 0 Å². The van der Waals surface area contributed by atoms with E-state index in [9.17, 15) is 28.8 Å². The summed E-state index contributed by atoms with van der Waals surface area (Å²) in [5.74, 6) is -10.0. The van der Waals surface area contributed by atoms with Crippen molar-refractivity contribution in [3.63, 3.8) is 0 Å². The number of aliphatic hydroxyl groups is 2. The van der Waals surface area contributed by atoms with Gasteiger partial charge in [-0.3, -0.25) is 19.2 Å². The molecular formula is C12H20O16. The van der Waals surface area contributed by atoms with Crippen LogP contribution in [0, 0.1) is 0 Å². The summed E-state index contributed by atoms with van der Waals surface area (Å²) < 4.78 is 0. The Bertz CT molecular complexity index is 508. The van der Waals surface area contributed by atoms with E-state index in [1.54, 1.807) is 0 Å². The van der Waals surface area contributed by atoms with Crippen molar-refractivity contribution in [2.45, 2.75) is 36.9 Å². The average molecular weight is 420 g/mol. The van der Waals surface area contributed by atoms with Gasteiger partial charge in [0.1, 0.15) is 0 Å². The lowest BCUT2D eigenvalue weighted by Crippen LogP contribution is -2.42. The van der Waals surface area contributed by atoms with Crippen molar-refractivity contribution in [1.82, 2.24) is 0 Å². The Hall–Kier alpha value is -3.34. The molecule has 0 aliphatic carbocycles. The van der Waals surface area contributed by atoms with Crippen molar-refractivity contribution in [3.05, 3.63) is 0 Å². The van der Waals surface area contributed by atoms with Gasteiger partial charge in [-0.1, -0.05) is 0 Å². The summed E-state index contributed by atoms with van der Waals surface area (Å²) in [6.45, 7) is 0. The zero-order chi connectivity index (χ0) is 21.3. The smallest absolute Gasteiger partial charge is 0.336 e. The second-order valence-corrected chi connectivity index (χ2v) is 4.96. The summed E-state index contributed by atoms with van der Waals surface area (Å²) in [6.07, 6.45) is -4.58. The fourth-order valence-electron chi connectivity index (χ4n) is 1.43. The maximum Gasteiger partial charge on any atom is 0.336 e. The summed E-state index contributed by atoms with van der Waals surface area (Å²) in [5, 5.41) is 67.6. The summed E-state index contributed by atoms with van der Waals surface area (Å²) in [7, 11) is 0. The predicted octanol–water partition coefficient (Wildman–Crippen LogP) is -4.15. The standard InChI is InChI=1S/2C6H8O7.2H2O/c2*7-3(8)1-6(13,5(11)12)2-4(9)10;;/h2*13H,1-2H2,(H,7,8)(H,9,10)(H,11,12);2*1H2. The van der Waals surface area contributed by atoms with Gasteiger partial charge in [0, 0.05) is 0 Å². The first-order valence-corrected chi connectivity index (χ1v) is 6.34. The van der Waals surface area contributed by atoms with Gasteiger partial charge in [0.05, 0.1) is 25.7 Å². The fourth-order valence-corrected chi connectivity index (χ4v) is 1.43. The summed E-state index contributed by atoms with van der Waals surface area (Å²) in [6, 6.07) is 0. The molecule has 0 radical (unpaired) electrons. The Kier molecular flexibility index (Phi) is 14.9. The first kappa shape index (κ1) is 32.3. The largest absolute Gasteiger partial charge is 0.481 e. The molecule has 0 fully saturated rings. The molecule has 16 heteroatoms. The summed E-state index contributed by atoms with van der Waals surface area (Å²) in [4.78, 5) is 61.0. The minimum Gasteiger partial charge on any atom is -0.481 e. The molecule has 0 rings (SSSR count). The van der Waals surface area contributed by atoms with Crippen LogP contribution < -0.4 is 0 Å². The molecule has 28 heavy (non-hydrogen) atoms. The predicted molar refractivity (Wildman–Crippen MR) is 81.4 cm³/mol. The highest BCUT2D eigenvalue weighted by Gasteiger charge is 2.41. The third-order valence-electron chi connectivity index (χ3n) is 2.57. The lowest BCUT2D eigenvalue weighted by Gasteiger charge is -2.18. The normalized spacial score (nSPS) is 10.1. The van der Waals surface area contributed by atoms with E-state index in [0.717, 1.165) is 0 Å². The quantitative estimate of drug-likeness (QED) is 0.166. The highest BCUT2D eigenvalue weighted by molar-refractivity contribution is 5.88. The van der Waals surface area contributed by atoms with Crippen LogP contribution in [0.3, 0.4) is 0 Å². The topological polar surface area (TPSA) is 327 Å². The highest BCUT2D eigenvalue weighted by atomic mass is 16.4. The molecule has 0 spiro atoms. The maximum atomic E-state index is 10.3. The molecule has 0 amide bonds. The number of rotatable bonds is 10. The van der Waals surface area contributed by atoms with E-state index >= 15 is 0 Å². The van der Waals surface area contributed by atoms with Crippen LogP contribution in [0.5, 0.6) is 0 Å². The number of carbonyl (C=O) groups is 6. The van der Waals surface area contributed by atoms with Crippen LogP contribution >= 0.6 is 0 Å². The van der Waals surface area contributed by atoms with Gasteiger partial charge < -0.3 is 51.8 Å². The molecule has 16 nitrogen and oxygen atoms in total. The van der Waals surface area contributed by atoms with Crippen molar-refractivity contribution in [3.8, 4) is 0 Å². The first-order chi connectivity index (χ1) is 11.6. The second kappa shape index (κ2) is 12.9. The van der Waals surface area contributed by atoms with Gasteiger partial charge in [0.15, 0.2) is 11.2 Å². The van der Waals surface area contributed by atoms with Crippen molar-refractivity contribution >= 4 is 35.8 Å². The third-order valence-corrected chi connectivity index (χ3v) is 2.57. The molecule has 0 aromatic carbocycles. The van der Waals surface area contributed by atoms with Crippen LogP contribution in [0.4, 0.5) is 0 Å². The lowest BCUT2D eigenvalue weighted by molar-refractivity contribution is -0.170. The van der Waals surface area contributed by atoms with Crippen molar-refractivity contribution in [2.24, 2.45) is 0 Å². The van der Waals surface area contributed by atoms with Gasteiger partial charge in [-0.25, -0.2) is 9.59 Å². The minimum atomic E-state index is -2.74. The van der Waals surface area contributed by atoms with Crippen molar-refractivity contribution < 1.29 is 80.6 Å². The Morgan fingerprint density at radius 1 is 0.464 bits per heavy atom. The molecule has 0 aliphatic rings. The van der Waals surface area contributed by atoms with E-state index < -0.39 is 72.7 Å². The lowest BCUT2D eigenvalue weighted by atomic mass is 9.96.